The normalized spacial score (nSPS) is 11.4. The molecule has 7 heteroatoms. The van der Waals surface area contributed by atoms with Gasteiger partial charge in [-0.2, -0.15) is 5.10 Å². The summed E-state index contributed by atoms with van der Waals surface area (Å²) in [6, 6.07) is 18.2. The van der Waals surface area contributed by atoms with Crippen LogP contribution in [0.2, 0.25) is 0 Å². The van der Waals surface area contributed by atoms with Gasteiger partial charge in [-0.25, -0.2) is 4.39 Å². The standard InChI is InChI=1S/C24H15FN6/c25-17-6-2-1-5-14(17)23-15-12-21(29-18(15)8-10-27-23)24-16-11-20(19-7-3-4-9-26-19)28-13-22(16)30-31-24/h1-13,29H,(H,30,31). The molecular formula is C24H15FN6. The average Bonchev–Trinajstić information content (AvgIpc) is 3.43. The molecule has 31 heavy (non-hydrogen) atoms. The largest absolute Gasteiger partial charge is 0.353 e. The van der Waals surface area contributed by atoms with Crippen molar-refractivity contribution in [3.05, 3.63) is 85.1 Å². The molecule has 0 aliphatic carbocycles. The molecule has 6 aromatic rings. The monoisotopic (exact) mass is 406 g/mol. The third kappa shape index (κ3) is 2.86. The van der Waals surface area contributed by atoms with E-state index in [2.05, 4.69) is 30.1 Å². The van der Waals surface area contributed by atoms with Crippen LogP contribution in [-0.4, -0.2) is 30.1 Å². The van der Waals surface area contributed by atoms with Crippen molar-refractivity contribution in [2.45, 2.75) is 0 Å². The van der Waals surface area contributed by atoms with Crippen molar-refractivity contribution in [2.75, 3.05) is 0 Å². The van der Waals surface area contributed by atoms with E-state index in [9.17, 15) is 4.39 Å². The van der Waals surface area contributed by atoms with Crippen LogP contribution < -0.4 is 0 Å². The third-order valence-electron chi connectivity index (χ3n) is 5.31. The number of aromatic amines is 2. The summed E-state index contributed by atoms with van der Waals surface area (Å²) in [5.74, 6) is -0.304. The average molecular weight is 406 g/mol. The highest BCUT2D eigenvalue weighted by atomic mass is 19.1. The molecule has 0 saturated heterocycles. The summed E-state index contributed by atoms with van der Waals surface area (Å²) in [6.45, 7) is 0. The maximum absolute atomic E-state index is 14.4. The highest BCUT2D eigenvalue weighted by Crippen LogP contribution is 2.34. The van der Waals surface area contributed by atoms with E-state index >= 15 is 0 Å². The fraction of sp³-hybridized carbons (Fsp3) is 0. The van der Waals surface area contributed by atoms with Crippen molar-refractivity contribution in [1.29, 1.82) is 0 Å². The van der Waals surface area contributed by atoms with E-state index in [4.69, 9.17) is 0 Å². The van der Waals surface area contributed by atoms with Crippen LogP contribution >= 0.6 is 0 Å². The van der Waals surface area contributed by atoms with Gasteiger partial charge in [0.1, 0.15) is 11.5 Å². The van der Waals surface area contributed by atoms with E-state index in [0.29, 0.717) is 11.3 Å². The lowest BCUT2D eigenvalue weighted by atomic mass is 10.1. The number of nitrogens with one attached hydrogen (secondary N) is 2. The minimum Gasteiger partial charge on any atom is -0.353 e. The van der Waals surface area contributed by atoms with Crippen molar-refractivity contribution >= 4 is 21.8 Å². The first kappa shape index (κ1) is 17.5. The van der Waals surface area contributed by atoms with Gasteiger partial charge in [0.05, 0.1) is 34.5 Å². The highest BCUT2D eigenvalue weighted by Gasteiger charge is 2.16. The molecule has 1 aromatic carbocycles. The Hall–Kier alpha value is -4.39. The predicted molar refractivity (Wildman–Crippen MR) is 118 cm³/mol. The van der Waals surface area contributed by atoms with Gasteiger partial charge in [-0.15, -0.1) is 0 Å². The SMILES string of the molecule is Fc1ccccc1-c1nccc2[nH]c(-c3n[nH]c4cnc(-c5ccccn5)cc34)cc12. The first-order chi connectivity index (χ1) is 15.3. The van der Waals surface area contributed by atoms with E-state index in [0.717, 1.165) is 44.6 Å². The van der Waals surface area contributed by atoms with E-state index in [-0.39, 0.29) is 5.82 Å². The second kappa shape index (κ2) is 6.84. The zero-order chi connectivity index (χ0) is 20.8. The minimum atomic E-state index is -0.304. The Morgan fingerprint density at radius 2 is 1.58 bits per heavy atom. The summed E-state index contributed by atoms with van der Waals surface area (Å²) in [7, 11) is 0. The smallest absolute Gasteiger partial charge is 0.132 e. The molecule has 0 spiro atoms. The zero-order valence-corrected chi connectivity index (χ0v) is 16.2. The van der Waals surface area contributed by atoms with Gasteiger partial charge in [-0.1, -0.05) is 18.2 Å². The summed E-state index contributed by atoms with van der Waals surface area (Å²) in [5, 5.41) is 9.29. The van der Waals surface area contributed by atoms with Crippen LogP contribution in [0, 0.1) is 5.82 Å². The van der Waals surface area contributed by atoms with Crippen LogP contribution in [0.15, 0.2) is 79.3 Å². The Morgan fingerprint density at radius 1 is 0.710 bits per heavy atom. The first-order valence-electron chi connectivity index (χ1n) is 9.76. The lowest BCUT2D eigenvalue weighted by molar-refractivity contribution is 0.631. The van der Waals surface area contributed by atoms with Gasteiger partial charge < -0.3 is 4.98 Å². The number of fused-ring (bicyclic) bond motifs is 2. The Morgan fingerprint density at radius 3 is 2.45 bits per heavy atom. The van der Waals surface area contributed by atoms with Crippen LogP contribution in [0.3, 0.4) is 0 Å². The lowest BCUT2D eigenvalue weighted by Crippen LogP contribution is -1.87. The highest BCUT2D eigenvalue weighted by molar-refractivity contribution is 6.00. The van der Waals surface area contributed by atoms with Crippen LogP contribution in [0.4, 0.5) is 4.39 Å². The molecule has 0 radical (unpaired) electrons. The van der Waals surface area contributed by atoms with Crippen LogP contribution in [0.25, 0.3) is 55.8 Å². The number of hydrogen-bond donors (Lipinski definition) is 2. The maximum Gasteiger partial charge on any atom is 0.132 e. The molecule has 0 bridgehead atoms. The molecule has 0 aliphatic heterocycles. The Balaban J connectivity index is 1.53. The second-order valence-electron chi connectivity index (χ2n) is 7.19. The number of rotatable bonds is 3. The first-order valence-corrected chi connectivity index (χ1v) is 9.76. The van der Waals surface area contributed by atoms with Gasteiger partial charge in [-0.3, -0.25) is 20.1 Å². The van der Waals surface area contributed by atoms with Gasteiger partial charge >= 0.3 is 0 Å². The van der Waals surface area contributed by atoms with Crippen molar-refractivity contribution in [3.63, 3.8) is 0 Å². The number of benzene rings is 1. The molecule has 0 amide bonds. The minimum absolute atomic E-state index is 0.304. The molecule has 148 valence electrons. The number of aromatic nitrogens is 6. The van der Waals surface area contributed by atoms with Crippen LogP contribution in [-0.2, 0) is 0 Å². The Labute approximate surface area is 175 Å². The van der Waals surface area contributed by atoms with E-state index in [1.165, 1.54) is 6.07 Å². The molecule has 6 rings (SSSR count). The molecule has 0 fully saturated rings. The van der Waals surface area contributed by atoms with Gasteiger partial charge in [0.2, 0.25) is 0 Å². The molecule has 0 saturated carbocycles. The van der Waals surface area contributed by atoms with Crippen molar-refractivity contribution in [1.82, 2.24) is 30.1 Å². The molecule has 5 aromatic heterocycles. The number of H-pyrrole nitrogens is 2. The maximum atomic E-state index is 14.4. The molecule has 6 nitrogen and oxygen atoms in total. The number of hydrogen-bond acceptors (Lipinski definition) is 4. The number of pyridine rings is 3. The fourth-order valence-corrected chi connectivity index (χ4v) is 3.83. The van der Waals surface area contributed by atoms with Crippen molar-refractivity contribution < 1.29 is 4.39 Å². The topological polar surface area (TPSA) is 83.1 Å². The zero-order valence-electron chi connectivity index (χ0n) is 16.2. The van der Waals surface area contributed by atoms with E-state index < -0.39 is 0 Å². The molecule has 2 N–H and O–H groups in total. The fourth-order valence-electron chi connectivity index (χ4n) is 3.83. The van der Waals surface area contributed by atoms with Crippen molar-refractivity contribution in [2.24, 2.45) is 0 Å². The predicted octanol–water partition coefficient (Wildman–Crippen LogP) is 5.37. The summed E-state index contributed by atoms with van der Waals surface area (Å²) in [4.78, 5) is 16.7. The third-order valence-corrected chi connectivity index (χ3v) is 5.31. The van der Waals surface area contributed by atoms with Gasteiger partial charge in [0.15, 0.2) is 0 Å². The summed E-state index contributed by atoms with van der Waals surface area (Å²) < 4.78 is 14.4. The second-order valence-corrected chi connectivity index (χ2v) is 7.19. The number of halogens is 1. The Bertz CT molecular complexity index is 1550. The molecule has 5 heterocycles. The molecule has 0 aliphatic rings. The Kier molecular flexibility index (Phi) is 3.86. The molecular weight excluding hydrogens is 391 g/mol. The van der Waals surface area contributed by atoms with E-state index in [1.54, 1.807) is 36.8 Å². The quantitative estimate of drug-likeness (QED) is 0.414. The van der Waals surface area contributed by atoms with Crippen molar-refractivity contribution in [3.8, 4) is 34.0 Å². The van der Waals surface area contributed by atoms with E-state index in [1.807, 2.05) is 36.4 Å². The summed E-state index contributed by atoms with van der Waals surface area (Å²) in [6.07, 6.45) is 5.17. The van der Waals surface area contributed by atoms with Gasteiger partial charge in [0, 0.05) is 34.2 Å². The summed E-state index contributed by atoms with van der Waals surface area (Å²) in [5.41, 5.74) is 5.86. The van der Waals surface area contributed by atoms with Gasteiger partial charge in [0.25, 0.3) is 0 Å². The van der Waals surface area contributed by atoms with Crippen LogP contribution in [0.5, 0.6) is 0 Å². The molecule has 0 atom stereocenters. The molecule has 0 unspecified atom stereocenters. The van der Waals surface area contributed by atoms with Gasteiger partial charge in [-0.05, 0) is 42.5 Å². The van der Waals surface area contributed by atoms with Crippen LogP contribution in [0.1, 0.15) is 0 Å². The summed E-state index contributed by atoms with van der Waals surface area (Å²) >= 11 is 0. The lowest BCUT2D eigenvalue weighted by Gasteiger charge is -2.03. The number of nitrogens with zero attached hydrogens (tertiary/aromatic N) is 4.